The summed E-state index contributed by atoms with van der Waals surface area (Å²) >= 11 is 0. The van der Waals surface area contributed by atoms with Gasteiger partial charge < -0.3 is 30.3 Å². The summed E-state index contributed by atoms with van der Waals surface area (Å²) in [7, 11) is 6.68. The predicted octanol–water partition coefficient (Wildman–Crippen LogP) is 3.05. The Morgan fingerprint density at radius 2 is 1.57 bits per heavy atom. The van der Waals surface area contributed by atoms with Crippen LogP contribution in [0.15, 0.2) is 29.2 Å². The van der Waals surface area contributed by atoms with Crippen molar-refractivity contribution in [1.29, 1.82) is 0 Å². The van der Waals surface area contributed by atoms with Gasteiger partial charge in [-0.3, -0.25) is 28.8 Å². The fourth-order valence-electron chi connectivity index (χ4n) is 7.25. The third-order valence-corrected chi connectivity index (χ3v) is 11.3. The van der Waals surface area contributed by atoms with Crippen LogP contribution in [0.4, 0.5) is 5.69 Å². The van der Waals surface area contributed by atoms with Crippen molar-refractivity contribution in [2.75, 3.05) is 47.6 Å². The number of hydrogen-bond acceptors (Lipinski definition) is 9. The summed E-state index contributed by atoms with van der Waals surface area (Å²) in [6.07, 6.45) is 0.809. The number of nitrogens with two attached hydrogens (primary N) is 1. The normalized spacial score (nSPS) is 19.6. The molecule has 1 aromatic carbocycles. The number of nitrogens with one attached hydrogen (secondary N) is 2. The van der Waals surface area contributed by atoms with Gasteiger partial charge in [0.2, 0.25) is 23.6 Å². The van der Waals surface area contributed by atoms with Gasteiger partial charge in [0.15, 0.2) is 11.0 Å². The zero-order valence-electron chi connectivity index (χ0n) is 32.8. The Hall–Kier alpha value is -3.07. The first kappa shape index (κ1) is 44.1. The van der Waals surface area contributed by atoms with Gasteiger partial charge in [-0.05, 0) is 69.0 Å². The van der Waals surface area contributed by atoms with Crippen molar-refractivity contribution in [2.45, 2.75) is 115 Å². The molecule has 2 rings (SSSR count). The van der Waals surface area contributed by atoms with Crippen molar-refractivity contribution in [2.24, 2.45) is 23.7 Å². The molecule has 4 amide bonds. The van der Waals surface area contributed by atoms with Crippen LogP contribution in [0.2, 0.25) is 0 Å². The summed E-state index contributed by atoms with van der Waals surface area (Å²) in [5.74, 6) is -1.96. The molecule has 1 saturated heterocycles. The van der Waals surface area contributed by atoms with E-state index >= 15 is 0 Å². The van der Waals surface area contributed by atoms with Crippen molar-refractivity contribution in [3.8, 4) is 0 Å². The minimum absolute atomic E-state index is 0.00650. The summed E-state index contributed by atoms with van der Waals surface area (Å²) in [6.45, 7) is 14.0. The molecule has 0 spiro atoms. The fraction of sp³-hybridized carbons (Fsp3) is 0.730. The molecule has 0 radical (unpaired) electrons. The van der Waals surface area contributed by atoms with Gasteiger partial charge in [-0.25, -0.2) is 4.21 Å². The minimum Gasteiger partial charge on any atom is -0.399 e. The quantitative estimate of drug-likeness (QED) is 0.181. The fourth-order valence-corrected chi connectivity index (χ4v) is 8.12. The van der Waals surface area contributed by atoms with E-state index in [1.807, 2.05) is 60.5 Å². The zero-order chi connectivity index (χ0) is 38.7. The highest BCUT2D eigenvalue weighted by atomic mass is 32.2. The average molecular weight is 737 g/mol. The van der Waals surface area contributed by atoms with Gasteiger partial charge in [0.25, 0.3) is 0 Å². The third-order valence-electron chi connectivity index (χ3n) is 10.2. The monoisotopic (exact) mass is 736 g/mol. The van der Waals surface area contributed by atoms with E-state index in [1.54, 1.807) is 55.1 Å². The largest absolute Gasteiger partial charge is 0.399 e. The Kier molecular flexibility index (Phi) is 17.5. The Morgan fingerprint density at radius 3 is 2.06 bits per heavy atom. The van der Waals surface area contributed by atoms with Crippen molar-refractivity contribution in [3.63, 3.8) is 0 Å². The number of methoxy groups -OCH3 is 2. The first-order chi connectivity index (χ1) is 23.9. The number of nitrogens with zero attached hydrogens (tertiary/aromatic N) is 3. The first-order valence-electron chi connectivity index (χ1n) is 18.1. The molecule has 290 valence electrons. The van der Waals surface area contributed by atoms with Crippen LogP contribution >= 0.6 is 0 Å². The molecule has 14 heteroatoms. The highest BCUT2D eigenvalue weighted by Crippen LogP contribution is 2.30. The molecule has 9 atom stereocenters. The van der Waals surface area contributed by atoms with E-state index in [-0.39, 0.29) is 41.9 Å². The number of benzene rings is 1. The molecular formula is C37H64N6O7S. The molecule has 1 heterocycles. The van der Waals surface area contributed by atoms with Crippen LogP contribution in [0, 0.1) is 23.7 Å². The average Bonchev–Trinajstić information content (AvgIpc) is 3.56. The molecule has 13 nitrogen and oxygen atoms in total. The number of ether oxygens (including phenoxy) is 2. The van der Waals surface area contributed by atoms with E-state index in [2.05, 4.69) is 10.0 Å². The van der Waals surface area contributed by atoms with E-state index in [4.69, 9.17) is 15.2 Å². The van der Waals surface area contributed by atoms with Crippen LogP contribution in [0.25, 0.3) is 0 Å². The van der Waals surface area contributed by atoms with Gasteiger partial charge in [0.1, 0.15) is 6.04 Å². The number of amides is 4. The predicted molar refractivity (Wildman–Crippen MR) is 201 cm³/mol. The number of nitrogen functional groups attached to an aromatic ring is 1. The number of rotatable bonds is 19. The van der Waals surface area contributed by atoms with E-state index in [0.29, 0.717) is 23.5 Å². The maximum atomic E-state index is 14.2. The van der Waals surface area contributed by atoms with Crippen molar-refractivity contribution >= 4 is 40.3 Å². The van der Waals surface area contributed by atoms with Crippen molar-refractivity contribution < 1.29 is 32.9 Å². The molecule has 1 fully saturated rings. The summed E-state index contributed by atoms with van der Waals surface area (Å²) in [6, 6.07) is 4.40. The molecule has 1 aliphatic rings. The molecule has 0 saturated carbocycles. The molecule has 1 aliphatic heterocycles. The summed E-state index contributed by atoms with van der Waals surface area (Å²) in [5.41, 5.74) is 6.26. The van der Waals surface area contributed by atoms with Crippen molar-refractivity contribution in [1.82, 2.24) is 24.7 Å². The lowest BCUT2D eigenvalue weighted by Gasteiger charge is -2.41. The van der Waals surface area contributed by atoms with Gasteiger partial charge in [0.05, 0.1) is 47.6 Å². The van der Waals surface area contributed by atoms with Crippen molar-refractivity contribution in [3.05, 3.63) is 24.3 Å². The molecule has 1 aromatic rings. The highest BCUT2D eigenvalue weighted by Gasteiger charge is 2.43. The maximum Gasteiger partial charge on any atom is 0.245 e. The molecule has 0 aromatic heterocycles. The Morgan fingerprint density at radius 1 is 0.961 bits per heavy atom. The molecule has 51 heavy (non-hydrogen) atoms. The van der Waals surface area contributed by atoms with Crippen LogP contribution < -0.4 is 15.8 Å². The Labute approximate surface area is 308 Å². The van der Waals surface area contributed by atoms with E-state index < -0.39 is 59.2 Å². The van der Waals surface area contributed by atoms with Gasteiger partial charge in [0, 0.05) is 33.5 Å². The second-order valence-corrected chi connectivity index (χ2v) is 16.0. The lowest BCUT2D eigenvalue weighted by atomic mass is 9.89. The van der Waals surface area contributed by atoms with Crippen LogP contribution in [0.5, 0.6) is 0 Å². The van der Waals surface area contributed by atoms with E-state index in [0.717, 1.165) is 12.8 Å². The molecule has 4 N–H and O–H groups in total. The smallest absolute Gasteiger partial charge is 0.245 e. The highest BCUT2D eigenvalue weighted by molar-refractivity contribution is 7.83. The van der Waals surface area contributed by atoms with Gasteiger partial charge in [-0.1, -0.05) is 54.9 Å². The molecule has 0 aliphatic carbocycles. The summed E-state index contributed by atoms with van der Waals surface area (Å²) in [5, 5.41) is 3.02. The second-order valence-electron chi connectivity index (χ2n) is 14.8. The van der Waals surface area contributed by atoms with Gasteiger partial charge >= 0.3 is 0 Å². The maximum absolute atomic E-state index is 14.2. The number of anilines is 1. The number of likely N-dealkylation sites (tertiary alicyclic amines) is 1. The molecule has 1 unspecified atom stereocenters. The third kappa shape index (κ3) is 11.5. The zero-order valence-corrected chi connectivity index (χ0v) is 33.6. The van der Waals surface area contributed by atoms with Gasteiger partial charge in [-0.15, -0.1) is 0 Å². The second kappa shape index (κ2) is 20.2. The SMILES string of the molecule is CC[C@@H](C)[C@@H]([C@@H](CC(=O)N1CCC[C@H]1[C@H](OC)[C@@H](C)C(=O)NS(=O)c1ccc(N)cc1)OC)N(C)C(=O)[C@@H](NC(=O)[C@H](C(C)C)N(C)C)C(C)C. The number of likely N-dealkylation sites (N-methyl/N-ethyl adjacent to an activating group) is 2. The number of carbonyl (C=O) groups excluding carboxylic acids is 4. The topological polar surface area (TPSA) is 164 Å². The van der Waals surface area contributed by atoms with Crippen LogP contribution in [-0.4, -0.2) is 121 Å². The Balaban J connectivity index is 2.26. The standard InChI is InChI=1S/C37H64N6O7S/c1-13-24(6)33(42(10)37(47)31(22(2)3)39-36(46)32(23(4)5)41(8)9)29(49-11)21-30(44)43-20-14-15-28(43)34(50-12)25(7)35(45)40-51(48)27-18-16-26(38)17-19-27/h16-19,22-25,28-29,31-34H,13-15,20-21,38H2,1-12H3,(H,39,46)(H,40,45)/t24-,25-,28+,29-,31+,32+,33+,34-,51?/m1/s1. The van der Waals surface area contributed by atoms with Crippen LogP contribution in [0.1, 0.15) is 74.1 Å². The van der Waals surface area contributed by atoms with Crippen LogP contribution in [-0.2, 0) is 39.6 Å². The molecule has 0 bridgehead atoms. The number of carbonyl (C=O) groups is 4. The van der Waals surface area contributed by atoms with Gasteiger partial charge in [-0.2, -0.15) is 0 Å². The first-order valence-corrected chi connectivity index (χ1v) is 19.2. The van der Waals surface area contributed by atoms with E-state index in [9.17, 15) is 23.4 Å². The summed E-state index contributed by atoms with van der Waals surface area (Å²) < 4.78 is 27.3. The number of hydrogen-bond donors (Lipinski definition) is 3. The van der Waals surface area contributed by atoms with E-state index in [1.165, 1.54) is 7.11 Å². The lowest BCUT2D eigenvalue weighted by molar-refractivity contribution is -0.148. The lowest BCUT2D eigenvalue weighted by Crippen LogP contribution is -2.59. The molecular weight excluding hydrogens is 673 g/mol. The van der Waals surface area contributed by atoms with Crippen LogP contribution in [0.3, 0.4) is 0 Å². The minimum atomic E-state index is -1.79. The Bertz CT molecular complexity index is 1320. The summed E-state index contributed by atoms with van der Waals surface area (Å²) in [4.78, 5) is 60.6.